The van der Waals surface area contributed by atoms with Crippen molar-refractivity contribution >= 4 is 0 Å². The van der Waals surface area contributed by atoms with Crippen LogP contribution in [0.15, 0.2) is 48.5 Å². The highest BCUT2D eigenvalue weighted by Crippen LogP contribution is 2.43. The lowest BCUT2D eigenvalue weighted by atomic mass is 10.0. The molecule has 0 spiro atoms. The monoisotopic (exact) mass is 263 g/mol. The van der Waals surface area contributed by atoms with Gasteiger partial charge in [-0.25, -0.2) is 0 Å². The van der Waals surface area contributed by atoms with Crippen LogP contribution < -0.4 is 5.32 Å². The molecule has 2 aromatic carbocycles. The van der Waals surface area contributed by atoms with Gasteiger partial charge in [0, 0.05) is 6.04 Å². The maximum absolute atomic E-state index is 3.86. The Morgan fingerprint density at radius 3 is 2.05 bits per heavy atom. The number of hydrogen-bond donors (Lipinski definition) is 1. The summed E-state index contributed by atoms with van der Waals surface area (Å²) in [5.74, 6) is 0.976. The van der Waals surface area contributed by atoms with Gasteiger partial charge >= 0.3 is 0 Å². The Hall–Kier alpha value is -1.60. The van der Waals surface area contributed by atoms with Crippen LogP contribution in [0.5, 0.6) is 0 Å². The third-order valence-corrected chi connectivity index (χ3v) is 4.67. The minimum Gasteiger partial charge on any atom is -0.304 e. The number of fused-ring (bicyclic) bond motifs is 3. The van der Waals surface area contributed by atoms with Crippen molar-refractivity contribution in [1.82, 2.24) is 5.32 Å². The van der Waals surface area contributed by atoms with E-state index in [0.29, 0.717) is 12.1 Å². The van der Waals surface area contributed by atoms with E-state index in [0.717, 1.165) is 5.92 Å². The van der Waals surface area contributed by atoms with E-state index in [2.05, 4.69) is 60.8 Å². The van der Waals surface area contributed by atoms with E-state index >= 15 is 0 Å². The number of nitrogens with one attached hydrogen (secondary N) is 1. The molecule has 20 heavy (non-hydrogen) atoms. The molecule has 4 rings (SSSR count). The summed E-state index contributed by atoms with van der Waals surface area (Å²) in [6, 6.07) is 18.6. The molecule has 2 aromatic rings. The second-order valence-corrected chi connectivity index (χ2v) is 6.35. The SMILES string of the molecule is CC(CC1CC1)NC1c2ccccc2-c2ccccc21. The molecule has 1 fully saturated rings. The number of hydrogen-bond acceptors (Lipinski definition) is 1. The van der Waals surface area contributed by atoms with Crippen LogP contribution in [-0.2, 0) is 0 Å². The average Bonchev–Trinajstić information content (AvgIpc) is 3.23. The Bertz CT molecular complexity index is 582. The molecule has 1 heteroatoms. The van der Waals surface area contributed by atoms with Gasteiger partial charge in [-0.05, 0) is 41.5 Å². The van der Waals surface area contributed by atoms with E-state index in [4.69, 9.17) is 0 Å². The quantitative estimate of drug-likeness (QED) is 0.854. The second-order valence-electron chi connectivity index (χ2n) is 6.35. The zero-order chi connectivity index (χ0) is 13.5. The molecule has 0 aromatic heterocycles. The van der Waals surface area contributed by atoms with Crippen molar-refractivity contribution in [3.63, 3.8) is 0 Å². The maximum atomic E-state index is 3.86. The summed E-state index contributed by atoms with van der Waals surface area (Å²) in [7, 11) is 0. The Balaban J connectivity index is 1.67. The molecule has 0 heterocycles. The van der Waals surface area contributed by atoms with Crippen molar-refractivity contribution in [3.8, 4) is 11.1 Å². The number of rotatable bonds is 4. The summed E-state index contributed by atoms with van der Waals surface area (Å²) in [5, 5.41) is 3.86. The Kier molecular flexibility index (Phi) is 2.89. The highest BCUT2D eigenvalue weighted by atomic mass is 15.0. The first-order valence-electron chi connectivity index (χ1n) is 7.77. The van der Waals surface area contributed by atoms with Crippen LogP contribution in [0.4, 0.5) is 0 Å². The lowest BCUT2D eigenvalue weighted by Crippen LogP contribution is -2.30. The first-order chi connectivity index (χ1) is 9.83. The van der Waals surface area contributed by atoms with Crippen molar-refractivity contribution in [2.24, 2.45) is 5.92 Å². The molecule has 2 aliphatic carbocycles. The third-order valence-electron chi connectivity index (χ3n) is 4.67. The molecule has 0 saturated heterocycles. The zero-order valence-corrected chi connectivity index (χ0v) is 12.0. The van der Waals surface area contributed by atoms with Crippen molar-refractivity contribution in [3.05, 3.63) is 59.7 Å². The van der Waals surface area contributed by atoms with Gasteiger partial charge in [0.15, 0.2) is 0 Å². The smallest absolute Gasteiger partial charge is 0.0591 e. The molecule has 0 radical (unpaired) electrons. The van der Waals surface area contributed by atoms with E-state index < -0.39 is 0 Å². The van der Waals surface area contributed by atoms with Gasteiger partial charge in [0.1, 0.15) is 0 Å². The van der Waals surface area contributed by atoms with Gasteiger partial charge in [-0.2, -0.15) is 0 Å². The molecule has 0 amide bonds. The minimum absolute atomic E-state index is 0.371. The molecule has 1 unspecified atom stereocenters. The Labute approximate surface area is 121 Å². The van der Waals surface area contributed by atoms with Crippen molar-refractivity contribution in [2.75, 3.05) is 0 Å². The van der Waals surface area contributed by atoms with Gasteiger partial charge in [0.25, 0.3) is 0 Å². The molecule has 0 aliphatic heterocycles. The molecule has 0 bridgehead atoms. The first-order valence-corrected chi connectivity index (χ1v) is 7.77. The molecule has 1 saturated carbocycles. The summed E-state index contributed by atoms with van der Waals surface area (Å²) < 4.78 is 0. The average molecular weight is 263 g/mol. The van der Waals surface area contributed by atoms with Crippen LogP contribution >= 0.6 is 0 Å². The van der Waals surface area contributed by atoms with E-state index in [1.807, 2.05) is 0 Å². The zero-order valence-electron chi connectivity index (χ0n) is 12.0. The van der Waals surface area contributed by atoms with Crippen LogP contribution in [0, 0.1) is 5.92 Å². The topological polar surface area (TPSA) is 12.0 Å². The molecular formula is C19H21N. The van der Waals surface area contributed by atoms with Gasteiger partial charge in [-0.15, -0.1) is 0 Å². The standard InChI is InChI=1S/C19H21N/c1-13(12-14-10-11-14)20-19-17-8-4-2-6-15(17)16-7-3-5-9-18(16)19/h2-9,13-14,19-20H,10-12H2,1H3. The van der Waals surface area contributed by atoms with E-state index in [-0.39, 0.29) is 0 Å². The van der Waals surface area contributed by atoms with E-state index in [1.165, 1.54) is 41.5 Å². The molecular weight excluding hydrogens is 242 g/mol. The lowest BCUT2D eigenvalue weighted by molar-refractivity contribution is 0.456. The van der Waals surface area contributed by atoms with Crippen LogP contribution in [0.2, 0.25) is 0 Å². The summed E-state index contributed by atoms with van der Waals surface area (Å²) in [6.07, 6.45) is 4.19. The van der Waals surface area contributed by atoms with Gasteiger partial charge in [0.2, 0.25) is 0 Å². The highest BCUT2D eigenvalue weighted by Gasteiger charge is 2.30. The molecule has 2 aliphatic rings. The van der Waals surface area contributed by atoms with Gasteiger partial charge < -0.3 is 5.32 Å². The van der Waals surface area contributed by atoms with Gasteiger partial charge in [-0.3, -0.25) is 0 Å². The van der Waals surface area contributed by atoms with Crippen LogP contribution in [-0.4, -0.2) is 6.04 Å². The summed E-state index contributed by atoms with van der Waals surface area (Å²) in [5.41, 5.74) is 5.69. The Morgan fingerprint density at radius 1 is 0.950 bits per heavy atom. The summed E-state index contributed by atoms with van der Waals surface area (Å²) >= 11 is 0. The van der Waals surface area contributed by atoms with Crippen LogP contribution in [0.25, 0.3) is 11.1 Å². The van der Waals surface area contributed by atoms with Gasteiger partial charge in [-0.1, -0.05) is 61.4 Å². The van der Waals surface area contributed by atoms with E-state index in [9.17, 15) is 0 Å². The predicted molar refractivity (Wildman–Crippen MR) is 83.7 cm³/mol. The molecule has 1 nitrogen and oxygen atoms in total. The van der Waals surface area contributed by atoms with E-state index in [1.54, 1.807) is 0 Å². The Morgan fingerprint density at radius 2 is 1.50 bits per heavy atom. The molecule has 1 atom stereocenters. The fourth-order valence-corrected chi connectivity index (χ4v) is 3.54. The fourth-order valence-electron chi connectivity index (χ4n) is 3.54. The summed E-state index contributed by atoms with van der Waals surface area (Å²) in [4.78, 5) is 0. The number of benzene rings is 2. The van der Waals surface area contributed by atoms with Crippen molar-refractivity contribution in [2.45, 2.75) is 38.3 Å². The largest absolute Gasteiger partial charge is 0.304 e. The maximum Gasteiger partial charge on any atom is 0.0591 e. The van der Waals surface area contributed by atoms with Crippen molar-refractivity contribution < 1.29 is 0 Å². The van der Waals surface area contributed by atoms with Crippen LogP contribution in [0.3, 0.4) is 0 Å². The second kappa shape index (κ2) is 4.75. The van der Waals surface area contributed by atoms with Crippen LogP contribution in [0.1, 0.15) is 43.4 Å². The minimum atomic E-state index is 0.371. The lowest BCUT2D eigenvalue weighted by Gasteiger charge is -2.21. The highest BCUT2D eigenvalue weighted by molar-refractivity contribution is 5.78. The molecule has 1 N–H and O–H groups in total. The van der Waals surface area contributed by atoms with Gasteiger partial charge in [0.05, 0.1) is 6.04 Å². The normalized spacial score (nSPS) is 18.6. The van der Waals surface area contributed by atoms with Crippen molar-refractivity contribution in [1.29, 1.82) is 0 Å². The molecule has 102 valence electrons. The summed E-state index contributed by atoms with van der Waals surface area (Å²) in [6.45, 7) is 2.34. The fraction of sp³-hybridized carbons (Fsp3) is 0.368. The predicted octanol–water partition coefficient (Wildman–Crippen LogP) is 4.53. The first kappa shape index (κ1) is 12.2. The third kappa shape index (κ3) is 2.06.